The summed E-state index contributed by atoms with van der Waals surface area (Å²) >= 11 is 0. The zero-order valence-corrected chi connectivity index (χ0v) is 21.4. The molecule has 4 heteroatoms. The number of hydrogen-bond donors (Lipinski definition) is 2. The Balaban J connectivity index is 0.00000436. The predicted octanol–water partition coefficient (Wildman–Crippen LogP) is 7.29. The molecule has 0 bridgehead atoms. The maximum absolute atomic E-state index is 11.3. The maximum Gasteiger partial charge on any atom is 0.309 e. The molecule has 0 fully saturated rings. The van der Waals surface area contributed by atoms with E-state index < -0.39 is 22.8 Å². The van der Waals surface area contributed by atoms with Gasteiger partial charge in [0.15, 0.2) is 0 Å². The molecule has 0 spiro atoms. The van der Waals surface area contributed by atoms with Crippen molar-refractivity contribution in [3.8, 4) is 0 Å². The third-order valence-electron chi connectivity index (χ3n) is 6.59. The lowest BCUT2D eigenvalue weighted by Crippen LogP contribution is -2.23. The molecule has 0 heterocycles. The monoisotopic (exact) mass is 434 g/mol. The van der Waals surface area contributed by atoms with Crippen molar-refractivity contribution < 1.29 is 19.8 Å². The van der Waals surface area contributed by atoms with Gasteiger partial charge in [-0.1, -0.05) is 32.8 Å². The van der Waals surface area contributed by atoms with Gasteiger partial charge in [-0.15, -0.1) is 0 Å². The van der Waals surface area contributed by atoms with E-state index in [1.807, 2.05) is 13.8 Å². The fourth-order valence-electron chi connectivity index (χ4n) is 3.69. The minimum Gasteiger partial charge on any atom is -0.481 e. The van der Waals surface area contributed by atoms with Crippen LogP contribution in [0.4, 0.5) is 0 Å². The molecule has 0 radical (unpaired) electrons. The van der Waals surface area contributed by atoms with Crippen molar-refractivity contribution in [3.05, 3.63) is 33.9 Å². The number of rotatable bonds is 12. The normalized spacial score (nSPS) is 11.6. The minimum atomic E-state index is -0.728. The van der Waals surface area contributed by atoms with Crippen LogP contribution < -0.4 is 0 Å². The number of unbranched alkanes of at least 4 members (excludes halogenated alkanes) is 2. The highest BCUT2D eigenvalue weighted by Crippen LogP contribution is 2.28. The Kier molecular flexibility index (Phi) is 12.1. The highest BCUT2D eigenvalue weighted by Gasteiger charge is 2.27. The number of aliphatic carboxylic acids is 2. The summed E-state index contributed by atoms with van der Waals surface area (Å²) in [6.07, 6.45) is 7.13. The van der Waals surface area contributed by atoms with Crippen molar-refractivity contribution in [1.29, 1.82) is 0 Å². The van der Waals surface area contributed by atoms with Crippen LogP contribution in [0.15, 0.2) is 6.07 Å². The molecule has 0 saturated carbocycles. The number of carbonyl (C=O) groups is 2. The Morgan fingerprint density at radius 3 is 1.29 bits per heavy atom. The summed E-state index contributed by atoms with van der Waals surface area (Å²) in [7, 11) is 0. The largest absolute Gasteiger partial charge is 0.481 e. The first-order chi connectivity index (χ1) is 14.3. The smallest absolute Gasteiger partial charge is 0.309 e. The Labute approximate surface area is 190 Å². The van der Waals surface area contributed by atoms with Gasteiger partial charge in [0.2, 0.25) is 0 Å². The second-order valence-corrected chi connectivity index (χ2v) is 9.86. The van der Waals surface area contributed by atoms with Crippen molar-refractivity contribution in [3.63, 3.8) is 0 Å². The van der Waals surface area contributed by atoms with Gasteiger partial charge < -0.3 is 10.2 Å². The van der Waals surface area contributed by atoms with E-state index >= 15 is 0 Å². The lowest BCUT2D eigenvalue weighted by atomic mass is 9.85. The number of hydrogen-bond acceptors (Lipinski definition) is 2. The van der Waals surface area contributed by atoms with Crippen LogP contribution in [0.2, 0.25) is 0 Å². The average molecular weight is 435 g/mol. The van der Waals surface area contributed by atoms with Crippen LogP contribution in [0, 0.1) is 31.6 Å². The molecule has 31 heavy (non-hydrogen) atoms. The molecule has 178 valence electrons. The van der Waals surface area contributed by atoms with E-state index in [0.717, 1.165) is 38.5 Å². The highest BCUT2D eigenvalue weighted by atomic mass is 16.4. The van der Waals surface area contributed by atoms with Crippen LogP contribution in [0.3, 0.4) is 0 Å². The van der Waals surface area contributed by atoms with Crippen molar-refractivity contribution in [2.24, 2.45) is 10.8 Å². The molecule has 0 aromatic heterocycles. The van der Waals surface area contributed by atoms with E-state index in [9.17, 15) is 19.8 Å². The Bertz CT molecular complexity index is 671. The van der Waals surface area contributed by atoms with Gasteiger partial charge >= 0.3 is 11.9 Å². The first-order valence-electron chi connectivity index (χ1n) is 11.8. The van der Waals surface area contributed by atoms with E-state index in [1.165, 1.54) is 27.8 Å². The van der Waals surface area contributed by atoms with Crippen molar-refractivity contribution in [2.45, 2.75) is 114 Å². The average Bonchev–Trinajstić information content (AvgIpc) is 2.70. The van der Waals surface area contributed by atoms with Crippen LogP contribution in [0.5, 0.6) is 0 Å². The fraction of sp³-hybridized carbons (Fsp3) is 0.704. The zero-order chi connectivity index (χ0) is 24.4. The Morgan fingerprint density at radius 2 is 1.00 bits per heavy atom. The van der Waals surface area contributed by atoms with Crippen LogP contribution >= 0.6 is 0 Å². The van der Waals surface area contributed by atoms with Crippen LogP contribution in [0.25, 0.3) is 0 Å². The molecule has 0 aliphatic carbocycles. The molecule has 0 aliphatic heterocycles. The molecular weight excluding hydrogens is 388 g/mol. The molecule has 0 unspecified atom stereocenters. The van der Waals surface area contributed by atoms with Gasteiger partial charge in [-0.2, -0.15) is 0 Å². The number of benzene rings is 1. The van der Waals surface area contributed by atoms with E-state index in [4.69, 9.17) is 0 Å². The van der Waals surface area contributed by atoms with Gasteiger partial charge in [0, 0.05) is 0 Å². The molecule has 2 N–H and O–H groups in total. The summed E-state index contributed by atoms with van der Waals surface area (Å²) < 4.78 is 0. The van der Waals surface area contributed by atoms with Crippen molar-refractivity contribution in [2.75, 3.05) is 0 Å². The zero-order valence-electron chi connectivity index (χ0n) is 21.4. The van der Waals surface area contributed by atoms with E-state index in [0.29, 0.717) is 12.8 Å². The third-order valence-corrected chi connectivity index (χ3v) is 6.59. The first-order valence-corrected chi connectivity index (χ1v) is 11.8. The van der Waals surface area contributed by atoms with Gasteiger partial charge in [0.25, 0.3) is 0 Å². The van der Waals surface area contributed by atoms with Gasteiger partial charge in [-0.3, -0.25) is 9.59 Å². The first kappa shape index (κ1) is 29.2. The lowest BCUT2D eigenvalue weighted by Gasteiger charge is -2.20. The maximum atomic E-state index is 11.3. The SMILES string of the molecule is CC.Cc1c(CCCCC(C)(C)C(=O)O)cc(CCCCC(C)(C)C(=O)O)c(C)c1C. The standard InChI is InChI=1S/C25H40O4.C2H6/c1-17-18(2)20(12-8-10-14-24(4,5)22(26)27)16-21(19(17)3)13-9-11-15-25(6,7)23(28)29;1-2/h16H,8-15H2,1-7H3,(H,26,27)(H,28,29);1-2H3. The summed E-state index contributed by atoms with van der Waals surface area (Å²) in [6, 6.07) is 2.32. The summed E-state index contributed by atoms with van der Waals surface area (Å²) in [5.41, 5.74) is 5.44. The quantitative estimate of drug-likeness (QED) is 0.339. The van der Waals surface area contributed by atoms with Gasteiger partial charge in [-0.05, 0) is 115 Å². The van der Waals surface area contributed by atoms with Gasteiger partial charge in [0.05, 0.1) is 10.8 Å². The van der Waals surface area contributed by atoms with E-state index in [1.54, 1.807) is 27.7 Å². The number of carboxylic acids is 2. The molecule has 1 rings (SSSR count). The number of aryl methyl sites for hydroxylation is 2. The highest BCUT2D eigenvalue weighted by molar-refractivity contribution is 5.73. The third kappa shape index (κ3) is 9.04. The summed E-state index contributed by atoms with van der Waals surface area (Å²) in [4.78, 5) is 22.5. The topological polar surface area (TPSA) is 74.6 Å². The second kappa shape index (κ2) is 12.9. The molecule has 0 amide bonds. The molecule has 1 aromatic rings. The Hall–Kier alpha value is -1.84. The lowest BCUT2D eigenvalue weighted by molar-refractivity contribution is -0.148. The van der Waals surface area contributed by atoms with Crippen molar-refractivity contribution >= 4 is 11.9 Å². The van der Waals surface area contributed by atoms with E-state index in [-0.39, 0.29) is 0 Å². The summed E-state index contributed by atoms with van der Waals surface area (Å²) in [5, 5.41) is 18.5. The van der Waals surface area contributed by atoms with Crippen molar-refractivity contribution in [1.82, 2.24) is 0 Å². The van der Waals surface area contributed by atoms with E-state index in [2.05, 4.69) is 26.8 Å². The van der Waals surface area contributed by atoms with Crippen LogP contribution in [0.1, 0.15) is 108 Å². The number of carboxylic acid groups (broad SMARTS) is 2. The fourth-order valence-corrected chi connectivity index (χ4v) is 3.69. The van der Waals surface area contributed by atoms with Crippen LogP contribution in [-0.2, 0) is 22.4 Å². The second-order valence-electron chi connectivity index (χ2n) is 9.86. The molecule has 0 atom stereocenters. The van der Waals surface area contributed by atoms with Gasteiger partial charge in [0.1, 0.15) is 0 Å². The molecular formula is C27H46O4. The molecule has 0 saturated heterocycles. The summed E-state index contributed by atoms with van der Waals surface area (Å²) in [6.45, 7) is 17.7. The molecule has 1 aromatic carbocycles. The predicted molar refractivity (Wildman–Crippen MR) is 130 cm³/mol. The minimum absolute atomic E-state index is 0.660. The van der Waals surface area contributed by atoms with Gasteiger partial charge in [-0.25, -0.2) is 0 Å². The summed E-state index contributed by atoms with van der Waals surface area (Å²) in [5.74, 6) is -1.46. The Morgan fingerprint density at radius 1 is 0.677 bits per heavy atom. The molecule has 0 aliphatic rings. The van der Waals surface area contributed by atoms with Crippen LogP contribution in [-0.4, -0.2) is 22.2 Å². The molecule has 4 nitrogen and oxygen atoms in total.